The molecular formula is C29H33FN2O3. The largest absolute Gasteiger partial charge is 0.491 e. The van der Waals surface area contributed by atoms with Gasteiger partial charge in [-0.2, -0.15) is 0 Å². The summed E-state index contributed by atoms with van der Waals surface area (Å²) in [5.41, 5.74) is 4.31. The number of fused-ring (bicyclic) bond motifs is 3. The summed E-state index contributed by atoms with van der Waals surface area (Å²) >= 11 is 0. The van der Waals surface area contributed by atoms with Gasteiger partial charge in [-0.1, -0.05) is 50.2 Å². The first kappa shape index (κ1) is 24.9. The van der Waals surface area contributed by atoms with Crippen molar-refractivity contribution in [3.63, 3.8) is 0 Å². The molecule has 3 aromatic rings. The molecule has 0 radical (unpaired) electrons. The summed E-state index contributed by atoms with van der Waals surface area (Å²) in [5.74, 6) is 0.308. The molecule has 0 aromatic heterocycles. The Morgan fingerprint density at radius 1 is 1.00 bits per heavy atom. The lowest BCUT2D eigenvalue weighted by Crippen LogP contribution is -2.36. The van der Waals surface area contributed by atoms with Crippen molar-refractivity contribution in [2.45, 2.75) is 32.2 Å². The average molecular weight is 477 g/mol. The zero-order chi connectivity index (χ0) is 24.7. The highest BCUT2D eigenvalue weighted by atomic mass is 19.1. The number of amides is 1. The highest BCUT2D eigenvalue weighted by Gasteiger charge is 2.22. The number of halogens is 1. The Morgan fingerprint density at radius 3 is 2.69 bits per heavy atom. The Kier molecular flexibility index (Phi) is 8.16. The molecule has 1 aliphatic rings. The number of hydrogen-bond donors (Lipinski definition) is 2. The van der Waals surface area contributed by atoms with Gasteiger partial charge in [0.1, 0.15) is 18.2 Å². The third kappa shape index (κ3) is 6.90. The summed E-state index contributed by atoms with van der Waals surface area (Å²) in [6.45, 7) is 7.51. The molecule has 0 spiro atoms. The molecule has 1 heterocycles. The molecule has 35 heavy (non-hydrogen) atoms. The van der Waals surface area contributed by atoms with Gasteiger partial charge in [0, 0.05) is 37.0 Å². The van der Waals surface area contributed by atoms with Crippen molar-refractivity contribution in [2.24, 2.45) is 0 Å². The van der Waals surface area contributed by atoms with E-state index in [2.05, 4.69) is 34.9 Å². The van der Waals surface area contributed by atoms with Crippen LogP contribution < -0.4 is 15.4 Å². The maximum atomic E-state index is 13.7. The van der Waals surface area contributed by atoms with Crippen LogP contribution in [0.3, 0.4) is 0 Å². The summed E-state index contributed by atoms with van der Waals surface area (Å²) in [7, 11) is 0. The van der Waals surface area contributed by atoms with Crippen molar-refractivity contribution in [1.29, 1.82) is 0 Å². The molecular weight excluding hydrogens is 443 g/mol. The minimum atomic E-state index is -0.414. The zero-order valence-electron chi connectivity index (χ0n) is 20.4. The number of carbonyl (C=O) groups excluding carboxylic acids is 1. The van der Waals surface area contributed by atoms with Crippen molar-refractivity contribution in [1.82, 2.24) is 10.6 Å². The van der Waals surface area contributed by atoms with E-state index in [9.17, 15) is 9.18 Å². The Morgan fingerprint density at radius 2 is 1.83 bits per heavy atom. The second kappa shape index (κ2) is 11.5. The third-order valence-electron chi connectivity index (χ3n) is 6.24. The molecule has 2 N–H and O–H groups in total. The summed E-state index contributed by atoms with van der Waals surface area (Å²) in [6.07, 6.45) is 0.653. The maximum Gasteiger partial charge on any atom is 0.251 e. The van der Waals surface area contributed by atoms with Crippen LogP contribution in [0.1, 0.15) is 46.5 Å². The van der Waals surface area contributed by atoms with E-state index in [1.807, 2.05) is 32.0 Å². The van der Waals surface area contributed by atoms with Crippen LogP contribution in [0.2, 0.25) is 0 Å². The lowest BCUT2D eigenvalue weighted by Gasteiger charge is -2.26. The fourth-order valence-electron chi connectivity index (χ4n) is 4.17. The van der Waals surface area contributed by atoms with Gasteiger partial charge in [0.2, 0.25) is 0 Å². The monoisotopic (exact) mass is 476 g/mol. The lowest BCUT2D eigenvalue weighted by molar-refractivity contribution is 0.0944. The van der Waals surface area contributed by atoms with Crippen molar-refractivity contribution in [2.75, 3.05) is 32.9 Å². The van der Waals surface area contributed by atoms with Crippen LogP contribution in [0, 0.1) is 5.82 Å². The first-order chi connectivity index (χ1) is 16.9. The van der Waals surface area contributed by atoms with Crippen molar-refractivity contribution >= 4 is 5.91 Å². The third-order valence-corrected chi connectivity index (χ3v) is 6.24. The Balaban J connectivity index is 1.52. The van der Waals surface area contributed by atoms with Crippen molar-refractivity contribution < 1.29 is 18.7 Å². The average Bonchev–Trinajstić information content (AvgIpc) is 2.85. The number of rotatable bonds is 4. The van der Waals surface area contributed by atoms with E-state index in [0.29, 0.717) is 38.3 Å². The van der Waals surface area contributed by atoms with Crippen LogP contribution in [-0.4, -0.2) is 38.8 Å². The lowest BCUT2D eigenvalue weighted by atomic mass is 9.84. The van der Waals surface area contributed by atoms with Gasteiger partial charge in [-0.15, -0.1) is 0 Å². The molecule has 2 bridgehead atoms. The summed E-state index contributed by atoms with van der Waals surface area (Å²) in [5, 5.41) is 6.42. The topological polar surface area (TPSA) is 59.6 Å². The number of hydrogen-bond acceptors (Lipinski definition) is 4. The summed E-state index contributed by atoms with van der Waals surface area (Å²) in [4.78, 5) is 13.1. The summed E-state index contributed by atoms with van der Waals surface area (Å²) < 4.78 is 25.3. The van der Waals surface area contributed by atoms with E-state index in [1.165, 1.54) is 17.7 Å². The molecule has 0 saturated carbocycles. The SMILES string of the molecule is CC(C)(CNC(=O)c1ccc2c(c1)Cc1cccc(c1)CNCCOCCO2)c1cccc(F)c1. The van der Waals surface area contributed by atoms with Crippen LogP contribution in [-0.2, 0) is 23.1 Å². The van der Waals surface area contributed by atoms with Gasteiger partial charge in [-0.05, 0) is 52.6 Å². The van der Waals surface area contributed by atoms with E-state index in [0.717, 1.165) is 35.5 Å². The van der Waals surface area contributed by atoms with E-state index < -0.39 is 5.41 Å². The van der Waals surface area contributed by atoms with Gasteiger partial charge in [0.05, 0.1) is 13.2 Å². The van der Waals surface area contributed by atoms with Gasteiger partial charge in [0.15, 0.2) is 0 Å². The minimum absolute atomic E-state index is 0.169. The Bertz CT molecular complexity index is 1160. The van der Waals surface area contributed by atoms with Gasteiger partial charge in [-0.3, -0.25) is 4.79 Å². The van der Waals surface area contributed by atoms with Crippen LogP contribution in [0.4, 0.5) is 4.39 Å². The van der Waals surface area contributed by atoms with E-state index in [-0.39, 0.29) is 11.7 Å². The zero-order valence-corrected chi connectivity index (χ0v) is 20.4. The predicted molar refractivity (Wildman–Crippen MR) is 135 cm³/mol. The molecule has 0 saturated heterocycles. The van der Waals surface area contributed by atoms with Gasteiger partial charge >= 0.3 is 0 Å². The highest BCUT2D eigenvalue weighted by Crippen LogP contribution is 2.26. The molecule has 3 aromatic carbocycles. The number of benzene rings is 3. The molecule has 184 valence electrons. The molecule has 0 unspecified atom stereocenters. The van der Waals surface area contributed by atoms with E-state index in [1.54, 1.807) is 12.1 Å². The molecule has 0 atom stereocenters. The van der Waals surface area contributed by atoms with Crippen LogP contribution >= 0.6 is 0 Å². The second-order valence-electron chi connectivity index (χ2n) is 9.53. The van der Waals surface area contributed by atoms with Crippen molar-refractivity contribution in [3.8, 4) is 5.75 Å². The molecule has 1 amide bonds. The van der Waals surface area contributed by atoms with Crippen LogP contribution in [0.5, 0.6) is 5.75 Å². The first-order valence-corrected chi connectivity index (χ1v) is 12.1. The Hall–Kier alpha value is -3.22. The van der Waals surface area contributed by atoms with Crippen LogP contribution in [0.25, 0.3) is 0 Å². The smallest absolute Gasteiger partial charge is 0.251 e. The summed E-state index contributed by atoms with van der Waals surface area (Å²) in [6, 6.07) is 20.5. The van der Waals surface area contributed by atoms with Gasteiger partial charge in [-0.25, -0.2) is 4.39 Å². The predicted octanol–water partition coefficient (Wildman–Crippen LogP) is 4.62. The number of carbonyl (C=O) groups is 1. The highest BCUT2D eigenvalue weighted by molar-refractivity contribution is 5.94. The molecule has 5 nitrogen and oxygen atoms in total. The first-order valence-electron chi connectivity index (χ1n) is 12.1. The van der Waals surface area contributed by atoms with Gasteiger partial charge < -0.3 is 20.1 Å². The van der Waals surface area contributed by atoms with Crippen molar-refractivity contribution in [3.05, 3.63) is 100 Å². The second-order valence-corrected chi connectivity index (χ2v) is 9.53. The maximum absolute atomic E-state index is 13.7. The molecule has 1 aliphatic heterocycles. The number of nitrogens with one attached hydrogen (secondary N) is 2. The fraction of sp³-hybridized carbons (Fsp3) is 0.345. The van der Waals surface area contributed by atoms with Crippen LogP contribution in [0.15, 0.2) is 66.7 Å². The molecule has 0 fully saturated rings. The van der Waals surface area contributed by atoms with E-state index in [4.69, 9.17) is 9.47 Å². The normalized spacial score (nSPS) is 14.8. The molecule has 4 rings (SSSR count). The standard InChI is InChI=1S/C29H33FN2O3/c1-29(2,25-7-4-8-26(30)18-25)20-32-28(33)23-9-10-27-24(17-23)16-21-5-3-6-22(15-21)19-31-11-12-34-13-14-35-27/h3-10,15,17-18,31H,11-14,16,19-20H2,1-2H3,(H,32,33). The number of ether oxygens (including phenoxy) is 2. The van der Waals surface area contributed by atoms with E-state index >= 15 is 0 Å². The fourth-order valence-corrected chi connectivity index (χ4v) is 4.17. The van der Waals surface area contributed by atoms with Gasteiger partial charge in [0.25, 0.3) is 5.91 Å². The molecule has 0 aliphatic carbocycles. The Labute approximate surface area is 206 Å². The minimum Gasteiger partial charge on any atom is -0.491 e. The molecule has 6 heteroatoms. The quantitative estimate of drug-likeness (QED) is 0.577.